The van der Waals surface area contributed by atoms with Crippen LogP contribution in [-0.2, 0) is 9.53 Å². The van der Waals surface area contributed by atoms with Crippen molar-refractivity contribution in [2.75, 3.05) is 50.9 Å². The van der Waals surface area contributed by atoms with Crippen LogP contribution in [0.5, 0.6) is 5.75 Å². The van der Waals surface area contributed by atoms with Gasteiger partial charge in [0.05, 0.1) is 30.0 Å². The van der Waals surface area contributed by atoms with Crippen LogP contribution in [0, 0.1) is 0 Å². The van der Waals surface area contributed by atoms with E-state index in [9.17, 15) is 4.79 Å². The van der Waals surface area contributed by atoms with Crippen molar-refractivity contribution < 1.29 is 14.3 Å². The molecule has 0 atom stereocenters. The number of anilines is 1. The highest BCUT2D eigenvalue weighted by molar-refractivity contribution is 7.22. The van der Waals surface area contributed by atoms with Gasteiger partial charge in [-0.1, -0.05) is 17.4 Å². The Morgan fingerprint density at radius 1 is 1.33 bits per heavy atom. The third-order valence-electron chi connectivity index (χ3n) is 4.83. The van der Waals surface area contributed by atoms with E-state index in [1.54, 1.807) is 22.3 Å². The fourth-order valence-corrected chi connectivity index (χ4v) is 4.90. The molecule has 1 aliphatic rings. The molecule has 30 heavy (non-hydrogen) atoms. The lowest BCUT2D eigenvalue weighted by molar-refractivity contribution is -0.114. The first-order chi connectivity index (χ1) is 14.7. The fraction of sp³-hybridized carbons (Fsp3) is 0.364. The fourth-order valence-electron chi connectivity index (χ4n) is 3.26. The van der Waals surface area contributed by atoms with E-state index in [1.807, 2.05) is 48.7 Å². The second-order valence-electron chi connectivity index (χ2n) is 6.85. The molecule has 1 fully saturated rings. The molecule has 3 heterocycles. The van der Waals surface area contributed by atoms with Crippen molar-refractivity contribution in [3.63, 3.8) is 0 Å². The van der Waals surface area contributed by atoms with E-state index in [0.717, 1.165) is 53.7 Å². The molecular formula is C22H25N3O3S2. The Bertz CT molecular complexity index is 994. The monoisotopic (exact) mass is 443 g/mol. The molecule has 158 valence electrons. The van der Waals surface area contributed by atoms with Gasteiger partial charge in [-0.3, -0.25) is 14.6 Å². The van der Waals surface area contributed by atoms with E-state index in [0.29, 0.717) is 18.3 Å². The number of hydrogen-bond donors (Lipinski definition) is 0. The summed E-state index contributed by atoms with van der Waals surface area (Å²) in [5.74, 6) is 0.768. The highest BCUT2D eigenvalue weighted by Gasteiger charge is 2.20. The van der Waals surface area contributed by atoms with Crippen molar-refractivity contribution in [2.24, 2.45) is 0 Å². The Hall–Kier alpha value is -2.26. The number of rotatable bonds is 8. The van der Waals surface area contributed by atoms with Crippen molar-refractivity contribution in [3.8, 4) is 5.75 Å². The SMILES string of the molecule is CCOc1ccc2nc(N(CCN3CCOCC3)C(=O)/C=C/c3cccs3)sc2c1. The summed E-state index contributed by atoms with van der Waals surface area (Å²) in [6.45, 7) is 7.24. The highest BCUT2D eigenvalue weighted by atomic mass is 32.1. The van der Waals surface area contributed by atoms with E-state index in [-0.39, 0.29) is 5.91 Å². The summed E-state index contributed by atoms with van der Waals surface area (Å²) in [6.07, 6.45) is 3.51. The molecule has 0 radical (unpaired) electrons. The predicted octanol–water partition coefficient (Wildman–Crippen LogP) is 4.14. The molecule has 2 aromatic heterocycles. The van der Waals surface area contributed by atoms with Gasteiger partial charge in [0.25, 0.3) is 5.91 Å². The normalized spacial score (nSPS) is 15.1. The van der Waals surface area contributed by atoms with Gasteiger partial charge in [-0.15, -0.1) is 11.3 Å². The van der Waals surface area contributed by atoms with Crippen LogP contribution >= 0.6 is 22.7 Å². The van der Waals surface area contributed by atoms with Gasteiger partial charge in [0.15, 0.2) is 5.13 Å². The highest BCUT2D eigenvalue weighted by Crippen LogP contribution is 2.32. The molecule has 1 amide bonds. The van der Waals surface area contributed by atoms with Crippen LogP contribution in [0.15, 0.2) is 41.8 Å². The third-order valence-corrected chi connectivity index (χ3v) is 6.71. The minimum Gasteiger partial charge on any atom is -0.494 e. The second-order valence-corrected chi connectivity index (χ2v) is 8.84. The smallest absolute Gasteiger partial charge is 0.252 e. The number of aromatic nitrogens is 1. The van der Waals surface area contributed by atoms with Gasteiger partial charge in [-0.05, 0) is 42.6 Å². The quantitative estimate of drug-likeness (QED) is 0.490. The number of carbonyl (C=O) groups is 1. The molecule has 0 N–H and O–H groups in total. The van der Waals surface area contributed by atoms with Crippen LogP contribution in [-0.4, -0.2) is 61.8 Å². The van der Waals surface area contributed by atoms with Gasteiger partial charge in [0, 0.05) is 37.1 Å². The van der Waals surface area contributed by atoms with Gasteiger partial charge < -0.3 is 9.47 Å². The van der Waals surface area contributed by atoms with Crippen molar-refractivity contribution >= 4 is 50.0 Å². The van der Waals surface area contributed by atoms with Crippen LogP contribution in [0.1, 0.15) is 11.8 Å². The first kappa shape index (κ1) is 21.0. The predicted molar refractivity (Wildman–Crippen MR) is 124 cm³/mol. The van der Waals surface area contributed by atoms with E-state index < -0.39 is 0 Å². The average molecular weight is 444 g/mol. The van der Waals surface area contributed by atoms with Crippen molar-refractivity contribution in [1.29, 1.82) is 0 Å². The molecule has 1 aliphatic heterocycles. The minimum absolute atomic E-state index is 0.0549. The molecule has 0 saturated carbocycles. The average Bonchev–Trinajstić information content (AvgIpc) is 3.43. The van der Waals surface area contributed by atoms with E-state index in [4.69, 9.17) is 14.5 Å². The summed E-state index contributed by atoms with van der Waals surface area (Å²) in [5.41, 5.74) is 0.880. The molecule has 1 saturated heterocycles. The Balaban J connectivity index is 1.56. The molecule has 0 unspecified atom stereocenters. The van der Waals surface area contributed by atoms with E-state index >= 15 is 0 Å². The Morgan fingerprint density at radius 2 is 2.20 bits per heavy atom. The molecule has 4 rings (SSSR count). The minimum atomic E-state index is -0.0549. The zero-order chi connectivity index (χ0) is 20.8. The summed E-state index contributed by atoms with van der Waals surface area (Å²) in [5, 5.41) is 2.72. The summed E-state index contributed by atoms with van der Waals surface area (Å²) in [7, 11) is 0. The van der Waals surface area contributed by atoms with Crippen LogP contribution in [0.4, 0.5) is 5.13 Å². The number of benzene rings is 1. The zero-order valence-corrected chi connectivity index (χ0v) is 18.6. The molecule has 6 nitrogen and oxygen atoms in total. The lowest BCUT2D eigenvalue weighted by Crippen LogP contribution is -2.42. The van der Waals surface area contributed by atoms with Crippen molar-refractivity contribution in [1.82, 2.24) is 9.88 Å². The number of nitrogens with zero attached hydrogens (tertiary/aromatic N) is 3. The lowest BCUT2D eigenvalue weighted by Gasteiger charge is -2.28. The first-order valence-electron chi connectivity index (χ1n) is 10.1. The summed E-state index contributed by atoms with van der Waals surface area (Å²) >= 11 is 3.14. The maximum absolute atomic E-state index is 13.1. The van der Waals surface area contributed by atoms with Crippen molar-refractivity contribution in [3.05, 3.63) is 46.7 Å². The molecular weight excluding hydrogens is 418 g/mol. The molecule has 3 aromatic rings. The van der Waals surface area contributed by atoms with E-state index in [2.05, 4.69) is 4.90 Å². The Kier molecular flexibility index (Phi) is 7.11. The largest absolute Gasteiger partial charge is 0.494 e. The third kappa shape index (κ3) is 5.26. The number of carbonyl (C=O) groups excluding carboxylic acids is 1. The molecule has 0 aliphatic carbocycles. The maximum Gasteiger partial charge on any atom is 0.252 e. The maximum atomic E-state index is 13.1. The summed E-state index contributed by atoms with van der Waals surface area (Å²) in [6, 6.07) is 9.85. The number of fused-ring (bicyclic) bond motifs is 1. The molecule has 0 spiro atoms. The number of thiazole rings is 1. The number of morpholine rings is 1. The van der Waals surface area contributed by atoms with Crippen molar-refractivity contribution in [2.45, 2.75) is 6.92 Å². The summed E-state index contributed by atoms with van der Waals surface area (Å²) in [4.78, 5) is 23.0. The Labute approximate surface area is 184 Å². The Morgan fingerprint density at radius 3 is 2.97 bits per heavy atom. The van der Waals surface area contributed by atoms with Crippen LogP contribution in [0.3, 0.4) is 0 Å². The number of thiophene rings is 1. The number of amides is 1. The lowest BCUT2D eigenvalue weighted by atomic mass is 10.3. The van der Waals surface area contributed by atoms with Crippen LogP contribution in [0.25, 0.3) is 16.3 Å². The van der Waals surface area contributed by atoms with Gasteiger partial charge in [0.1, 0.15) is 5.75 Å². The number of ether oxygens (including phenoxy) is 2. The van der Waals surface area contributed by atoms with Gasteiger partial charge >= 0.3 is 0 Å². The zero-order valence-electron chi connectivity index (χ0n) is 17.0. The molecule has 8 heteroatoms. The first-order valence-corrected chi connectivity index (χ1v) is 11.8. The number of hydrogen-bond acceptors (Lipinski definition) is 7. The molecule has 1 aromatic carbocycles. The van der Waals surface area contributed by atoms with E-state index in [1.165, 1.54) is 11.3 Å². The van der Waals surface area contributed by atoms with Gasteiger partial charge in [-0.25, -0.2) is 4.98 Å². The van der Waals surface area contributed by atoms with Crippen LogP contribution < -0.4 is 9.64 Å². The van der Waals surface area contributed by atoms with Crippen LogP contribution in [0.2, 0.25) is 0 Å². The standard InChI is InChI=1S/C22H25N3O3S2/c1-2-28-17-5-7-19-20(16-17)30-22(23-19)25(10-9-24-11-13-27-14-12-24)21(26)8-6-18-4-3-15-29-18/h3-8,15-16H,2,9-14H2,1H3/b8-6+. The topological polar surface area (TPSA) is 54.9 Å². The van der Waals surface area contributed by atoms with Gasteiger partial charge in [0.2, 0.25) is 0 Å². The molecule has 0 bridgehead atoms. The second kappa shape index (κ2) is 10.2. The summed E-state index contributed by atoms with van der Waals surface area (Å²) < 4.78 is 12.1. The van der Waals surface area contributed by atoms with Gasteiger partial charge in [-0.2, -0.15) is 0 Å².